The summed E-state index contributed by atoms with van der Waals surface area (Å²) in [4.78, 5) is 10.7. The molecule has 0 saturated heterocycles. The van der Waals surface area contributed by atoms with Crippen LogP contribution in [-0.4, -0.2) is 17.5 Å². The van der Waals surface area contributed by atoms with E-state index in [9.17, 15) is 10.1 Å². The van der Waals surface area contributed by atoms with Gasteiger partial charge >= 0.3 is 0 Å². The van der Waals surface area contributed by atoms with E-state index in [2.05, 4.69) is 19.2 Å². The van der Waals surface area contributed by atoms with E-state index in [0.717, 1.165) is 18.5 Å². The van der Waals surface area contributed by atoms with Crippen molar-refractivity contribution in [2.45, 2.75) is 39.7 Å². The zero-order valence-corrected chi connectivity index (χ0v) is 12.4. The second-order valence-electron chi connectivity index (χ2n) is 5.12. The lowest BCUT2D eigenvalue weighted by Crippen LogP contribution is -2.32. The van der Waals surface area contributed by atoms with Crippen LogP contribution in [0.3, 0.4) is 0 Å². The van der Waals surface area contributed by atoms with Gasteiger partial charge in [0.15, 0.2) is 0 Å². The predicted octanol–water partition coefficient (Wildman–Crippen LogP) is 3.81. The Bertz CT molecular complexity index is 435. The van der Waals surface area contributed by atoms with E-state index >= 15 is 0 Å². The van der Waals surface area contributed by atoms with Gasteiger partial charge in [-0.2, -0.15) is 0 Å². The first-order valence-corrected chi connectivity index (χ1v) is 6.98. The maximum absolute atomic E-state index is 11.1. The molecule has 0 heterocycles. The molecule has 1 N–H and O–H groups in total. The normalized spacial score (nSPS) is 12.7. The SMILES string of the molecule is CCNC(Cc1ccc(Cl)cc1[N+](=O)[O-])CC(C)C. The number of likely N-dealkylation sites (N-methyl/N-ethyl adjacent to an activating group) is 1. The van der Waals surface area contributed by atoms with Crippen LogP contribution in [0, 0.1) is 16.0 Å². The molecule has 1 aromatic rings. The second kappa shape index (κ2) is 7.46. The molecule has 1 unspecified atom stereocenters. The van der Waals surface area contributed by atoms with Gasteiger partial charge in [-0.25, -0.2) is 0 Å². The number of benzene rings is 1. The summed E-state index contributed by atoms with van der Waals surface area (Å²) < 4.78 is 0. The fourth-order valence-corrected chi connectivity index (χ4v) is 2.41. The summed E-state index contributed by atoms with van der Waals surface area (Å²) in [6, 6.07) is 5.15. The van der Waals surface area contributed by atoms with Gasteiger partial charge in [-0.3, -0.25) is 10.1 Å². The number of hydrogen-bond acceptors (Lipinski definition) is 3. The molecule has 0 fully saturated rings. The largest absolute Gasteiger partial charge is 0.314 e. The molecule has 0 aromatic heterocycles. The molecule has 0 spiro atoms. The highest BCUT2D eigenvalue weighted by atomic mass is 35.5. The summed E-state index contributed by atoms with van der Waals surface area (Å²) in [5.74, 6) is 0.551. The van der Waals surface area contributed by atoms with Crippen LogP contribution >= 0.6 is 11.6 Å². The van der Waals surface area contributed by atoms with Crippen LogP contribution in [0.4, 0.5) is 5.69 Å². The fraction of sp³-hybridized carbons (Fsp3) is 0.571. The summed E-state index contributed by atoms with van der Waals surface area (Å²) in [6.07, 6.45) is 1.65. The van der Waals surface area contributed by atoms with E-state index in [1.165, 1.54) is 6.07 Å². The molecular formula is C14H21ClN2O2. The van der Waals surface area contributed by atoms with Gasteiger partial charge in [-0.1, -0.05) is 38.4 Å². The van der Waals surface area contributed by atoms with E-state index in [0.29, 0.717) is 17.4 Å². The minimum Gasteiger partial charge on any atom is -0.314 e. The van der Waals surface area contributed by atoms with Crippen molar-refractivity contribution in [1.82, 2.24) is 5.32 Å². The molecule has 106 valence electrons. The lowest BCUT2D eigenvalue weighted by molar-refractivity contribution is -0.385. The molecular weight excluding hydrogens is 264 g/mol. The lowest BCUT2D eigenvalue weighted by atomic mass is 9.96. The molecule has 1 rings (SSSR count). The van der Waals surface area contributed by atoms with Crippen molar-refractivity contribution >= 4 is 17.3 Å². The molecule has 1 aromatic carbocycles. The lowest BCUT2D eigenvalue weighted by Gasteiger charge is -2.20. The van der Waals surface area contributed by atoms with Gasteiger partial charge in [-0.05, 0) is 31.4 Å². The van der Waals surface area contributed by atoms with Gasteiger partial charge in [0.25, 0.3) is 5.69 Å². The predicted molar refractivity (Wildman–Crippen MR) is 78.7 cm³/mol. The zero-order valence-electron chi connectivity index (χ0n) is 11.6. The Hall–Kier alpha value is -1.13. The van der Waals surface area contributed by atoms with E-state index in [-0.39, 0.29) is 16.7 Å². The van der Waals surface area contributed by atoms with E-state index in [4.69, 9.17) is 11.6 Å². The van der Waals surface area contributed by atoms with E-state index < -0.39 is 0 Å². The van der Waals surface area contributed by atoms with Gasteiger partial charge in [0.05, 0.1) is 4.92 Å². The topological polar surface area (TPSA) is 55.2 Å². The van der Waals surface area contributed by atoms with E-state index in [1.54, 1.807) is 12.1 Å². The van der Waals surface area contributed by atoms with Crippen LogP contribution in [0.1, 0.15) is 32.8 Å². The monoisotopic (exact) mass is 284 g/mol. The Morgan fingerprint density at radius 1 is 1.42 bits per heavy atom. The third-order valence-electron chi connectivity index (χ3n) is 2.96. The highest BCUT2D eigenvalue weighted by Crippen LogP contribution is 2.25. The third kappa shape index (κ3) is 5.17. The summed E-state index contributed by atoms with van der Waals surface area (Å²) in [5.41, 5.74) is 0.847. The average molecular weight is 285 g/mol. The van der Waals surface area contributed by atoms with Gasteiger partial charge in [0.1, 0.15) is 0 Å². The van der Waals surface area contributed by atoms with Crippen molar-refractivity contribution in [3.63, 3.8) is 0 Å². The average Bonchev–Trinajstić information content (AvgIpc) is 2.30. The minimum absolute atomic E-state index is 0.110. The first-order valence-electron chi connectivity index (χ1n) is 6.60. The molecule has 19 heavy (non-hydrogen) atoms. The van der Waals surface area contributed by atoms with Crippen LogP contribution in [0.15, 0.2) is 18.2 Å². The number of hydrogen-bond donors (Lipinski definition) is 1. The number of nitrogens with one attached hydrogen (secondary N) is 1. The van der Waals surface area contributed by atoms with E-state index in [1.807, 2.05) is 6.92 Å². The van der Waals surface area contributed by atoms with Crippen LogP contribution in [0.5, 0.6) is 0 Å². The molecule has 0 amide bonds. The molecule has 0 saturated carbocycles. The summed E-state index contributed by atoms with van der Waals surface area (Å²) in [5, 5.41) is 14.9. The molecule has 0 aliphatic rings. The summed E-state index contributed by atoms with van der Waals surface area (Å²) in [7, 11) is 0. The Labute approximate surface area is 119 Å². The van der Waals surface area contributed by atoms with Crippen molar-refractivity contribution < 1.29 is 4.92 Å². The Kier molecular flexibility index (Phi) is 6.25. The molecule has 0 bridgehead atoms. The first-order chi connectivity index (χ1) is 8.93. The molecule has 1 atom stereocenters. The highest BCUT2D eigenvalue weighted by molar-refractivity contribution is 6.30. The summed E-state index contributed by atoms with van der Waals surface area (Å²) in [6.45, 7) is 7.21. The van der Waals surface area contributed by atoms with Crippen molar-refractivity contribution in [2.75, 3.05) is 6.54 Å². The number of nitro benzene ring substituents is 1. The Morgan fingerprint density at radius 3 is 2.63 bits per heavy atom. The molecule has 0 radical (unpaired) electrons. The minimum atomic E-state index is -0.362. The van der Waals surface area contributed by atoms with Gasteiger partial charge in [0.2, 0.25) is 0 Å². The van der Waals surface area contributed by atoms with Crippen LogP contribution < -0.4 is 5.32 Å². The number of halogens is 1. The fourth-order valence-electron chi connectivity index (χ4n) is 2.24. The molecule has 0 aliphatic heterocycles. The molecule has 5 heteroatoms. The van der Waals surface area contributed by atoms with Crippen molar-refractivity contribution in [3.8, 4) is 0 Å². The van der Waals surface area contributed by atoms with Gasteiger partial charge < -0.3 is 5.32 Å². The Morgan fingerprint density at radius 2 is 2.11 bits per heavy atom. The van der Waals surface area contributed by atoms with Gasteiger partial charge in [0, 0.05) is 22.7 Å². The highest BCUT2D eigenvalue weighted by Gasteiger charge is 2.18. The first kappa shape index (κ1) is 15.9. The summed E-state index contributed by atoms with van der Waals surface area (Å²) >= 11 is 5.82. The quantitative estimate of drug-likeness (QED) is 0.612. The zero-order chi connectivity index (χ0) is 14.4. The van der Waals surface area contributed by atoms with Crippen LogP contribution in [0.25, 0.3) is 0 Å². The third-order valence-corrected chi connectivity index (χ3v) is 3.19. The van der Waals surface area contributed by atoms with Crippen molar-refractivity contribution in [3.05, 3.63) is 38.9 Å². The number of nitro groups is 1. The van der Waals surface area contributed by atoms with Crippen molar-refractivity contribution in [2.24, 2.45) is 5.92 Å². The van der Waals surface area contributed by atoms with Gasteiger partial charge in [-0.15, -0.1) is 0 Å². The number of nitrogens with zero attached hydrogens (tertiary/aromatic N) is 1. The number of rotatable bonds is 7. The molecule has 0 aliphatic carbocycles. The van der Waals surface area contributed by atoms with Crippen molar-refractivity contribution in [1.29, 1.82) is 0 Å². The smallest absolute Gasteiger partial charge is 0.274 e. The molecule has 4 nitrogen and oxygen atoms in total. The van der Waals surface area contributed by atoms with Crippen LogP contribution in [0.2, 0.25) is 5.02 Å². The Balaban J connectivity index is 2.91. The van der Waals surface area contributed by atoms with Crippen LogP contribution in [-0.2, 0) is 6.42 Å². The maximum atomic E-state index is 11.1. The standard InChI is InChI=1S/C14H21ClN2O2/c1-4-16-13(7-10(2)3)8-11-5-6-12(15)9-14(11)17(18)19/h5-6,9-10,13,16H,4,7-8H2,1-3H3. The second-order valence-corrected chi connectivity index (χ2v) is 5.55. The maximum Gasteiger partial charge on any atom is 0.274 e.